The minimum atomic E-state index is -0.459. The number of hydrogen-bond donors (Lipinski definition) is 1. The zero-order valence-electron chi connectivity index (χ0n) is 12.8. The first kappa shape index (κ1) is 18.4. The summed E-state index contributed by atoms with van der Waals surface area (Å²) in [6.07, 6.45) is 1.43. The highest BCUT2D eigenvalue weighted by molar-refractivity contribution is 6.36. The fourth-order valence-corrected chi connectivity index (χ4v) is 2.70. The molecular weight excluding hydrogens is 375 g/mol. The molecule has 0 unspecified atom stereocenters. The summed E-state index contributed by atoms with van der Waals surface area (Å²) in [6.45, 7) is 0. The van der Waals surface area contributed by atoms with E-state index in [9.17, 15) is 4.79 Å². The lowest BCUT2D eigenvalue weighted by Crippen LogP contribution is -2.18. The number of hydrazone groups is 1. The van der Waals surface area contributed by atoms with Gasteiger partial charge in [0.2, 0.25) is 0 Å². The highest BCUT2D eigenvalue weighted by atomic mass is 35.5. The van der Waals surface area contributed by atoms with Crippen molar-refractivity contribution in [2.45, 2.75) is 0 Å². The monoisotopic (exact) mass is 386 g/mol. The molecule has 8 heteroatoms. The molecule has 0 heterocycles. The molecule has 0 spiro atoms. The van der Waals surface area contributed by atoms with Crippen LogP contribution in [-0.4, -0.2) is 26.3 Å². The van der Waals surface area contributed by atoms with Crippen molar-refractivity contribution >= 4 is 46.9 Å². The predicted molar refractivity (Wildman–Crippen MR) is 96.1 cm³/mol. The van der Waals surface area contributed by atoms with Crippen LogP contribution < -0.4 is 14.9 Å². The molecule has 1 N–H and O–H groups in total. The standard InChI is InChI=1S/C16H13Cl3N2O3/c1-23-14-6-9(5-13(19)15(14)24-2)8-20-21-16(22)11-4-3-10(17)7-12(11)18/h3-8H,1-2H3,(H,21,22)/b20-8+. The molecule has 24 heavy (non-hydrogen) atoms. The molecule has 0 aliphatic heterocycles. The van der Waals surface area contributed by atoms with Gasteiger partial charge in [-0.2, -0.15) is 5.10 Å². The summed E-state index contributed by atoms with van der Waals surface area (Å²) in [5, 5.41) is 4.93. The van der Waals surface area contributed by atoms with Gasteiger partial charge >= 0.3 is 0 Å². The normalized spacial score (nSPS) is 10.7. The van der Waals surface area contributed by atoms with Crippen LogP contribution in [0, 0.1) is 0 Å². The van der Waals surface area contributed by atoms with Gasteiger partial charge in [-0.15, -0.1) is 0 Å². The molecule has 2 aromatic carbocycles. The Kier molecular flexibility index (Phi) is 6.31. The molecule has 0 atom stereocenters. The molecule has 0 bridgehead atoms. The van der Waals surface area contributed by atoms with Crippen molar-refractivity contribution in [2.75, 3.05) is 14.2 Å². The van der Waals surface area contributed by atoms with Gasteiger partial charge in [0.25, 0.3) is 5.91 Å². The highest BCUT2D eigenvalue weighted by Crippen LogP contribution is 2.35. The van der Waals surface area contributed by atoms with Crippen LogP contribution >= 0.6 is 34.8 Å². The smallest absolute Gasteiger partial charge is 0.272 e. The number of halogens is 3. The summed E-state index contributed by atoms with van der Waals surface area (Å²) in [5.74, 6) is 0.423. The molecule has 0 aromatic heterocycles. The number of carbonyl (C=O) groups is 1. The summed E-state index contributed by atoms with van der Waals surface area (Å²) in [7, 11) is 2.99. The number of methoxy groups -OCH3 is 2. The third-order valence-electron chi connectivity index (χ3n) is 3.01. The van der Waals surface area contributed by atoms with Gasteiger partial charge in [0, 0.05) is 5.02 Å². The van der Waals surface area contributed by atoms with Crippen LogP contribution in [0.3, 0.4) is 0 Å². The number of carbonyl (C=O) groups excluding carboxylic acids is 1. The number of ether oxygens (including phenoxy) is 2. The second-order valence-electron chi connectivity index (χ2n) is 4.56. The Hall–Kier alpha value is -1.95. The van der Waals surface area contributed by atoms with Gasteiger partial charge in [0.05, 0.1) is 36.0 Å². The van der Waals surface area contributed by atoms with Gasteiger partial charge in [0.15, 0.2) is 11.5 Å². The van der Waals surface area contributed by atoms with Crippen molar-refractivity contribution in [3.05, 3.63) is 56.5 Å². The maximum absolute atomic E-state index is 12.0. The minimum Gasteiger partial charge on any atom is -0.493 e. The topological polar surface area (TPSA) is 59.9 Å². The first-order valence-electron chi connectivity index (χ1n) is 6.66. The molecule has 0 aliphatic carbocycles. The summed E-state index contributed by atoms with van der Waals surface area (Å²) < 4.78 is 10.3. The lowest BCUT2D eigenvalue weighted by Gasteiger charge is -2.10. The van der Waals surface area contributed by atoms with Crippen LogP contribution in [0.5, 0.6) is 11.5 Å². The first-order chi connectivity index (χ1) is 11.5. The zero-order valence-corrected chi connectivity index (χ0v) is 15.0. The molecule has 2 rings (SSSR count). The van der Waals surface area contributed by atoms with Crippen LogP contribution in [0.15, 0.2) is 35.4 Å². The molecule has 0 fully saturated rings. The maximum atomic E-state index is 12.0. The fraction of sp³-hybridized carbons (Fsp3) is 0.125. The second-order valence-corrected chi connectivity index (χ2v) is 5.81. The van der Waals surface area contributed by atoms with E-state index in [0.29, 0.717) is 27.1 Å². The SMILES string of the molecule is COc1cc(/C=N/NC(=O)c2ccc(Cl)cc2Cl)cc(Cl)c1OC. The number of hydrogen-bond acceptors (Lipinski definition) is 4. The molecule has 0 aliphatic rings. The van der Waals surface area contributed by atoms with Gasteiger partial charge in [0.1, 0.15) is 0 Å². The zero-order chi connectivity index (χ0) is 17.7. The van der Waals surface area contributed by atoms with Gasteiger partial charge < -0.3 is 9.47 Å². The lowest BCUT2D eigenvalue weighted by molar-refractivity contribution is 0.0955. The van der Waals surface area contributed by atoms with Crippen LogP contribution in [-0.2, 0) is 0 Å². The van der Waals surface area contributed by atoms with Crippen molar-refractivity contribution in [3.63, 3.8) is 0 Å². The van der Waals surface area contributed by atoms with Crippen molar-refractivity contribution in [3.8, 4) is 11.5 Å². The van der Waals surface area contributed by atoms with Crippen molar-refractivity contribution in [1.29, 1.82) is 0 Å². The fourth-order valence-electron chi connectivity index (χ4n) is 1.91. The van der Waals surface area contributed by atoms with Crippen LogP contribution in [0.25, 0.3) is 0 Å². The Morgan fingerprint density at radius 3 is 2.46 bits per heavy atom. The number of nitrogens with zero attached hydrogens (tertiary/aromatic N) is 1. The van der Waals surface area contributed by atoms with E-state index in [4.69, 9.17) is 44.3 Å². The Morgan fingerprint density at radius 2 is 1.83 bits per heavy atom. The third kappa shape index (κ3) is 4.32. The van der Waals surface area contributed by atoms with E-state index in [1.807, 2.05) is 0 Å². The first-order valence-corrected chi connectivity index (χ1v) is 7.79. The average Bonchev–Trinajstić information content (AvgIpc) is 2.54. The van der Waals surface area contributed by atoms with Gasteiger partial charge in [-0.05, 0) is 35.9 Å². The quantitative estimate of drug-likeness (QED) is 0.610. The summed E-state index contributed by atoms with van der Waals surface area (Å²) in [6, 6.07) is 7.88. The summed E-state index contributed by atoms with van der Waals surface area (Å²) in [5.41, 5.74) is 3.27. The predicted octanol–water partition coefficient (Wildman–Crippen LogP) is 4.43. The highest BCUT2D eigenvalue weighted by Gasteiger charge is 2.11. The van der Waals surface area contributed by atoms with Crippen molar-refractivity contribution in [2.24, 2.45) is 5.10 Å². The van der Waals surface area contributed by atoms with E-state index >= 15 is 0 Å². The molecule has 0 radical (unpaired) electrons. The lowest BCUT2D eigenvalue weighted by atomic mass is 10.2. The van der Waals surface area contributed by atoms with E-state index in [1.165, 1.54) is 32.6 Å². The van der Waals surface area contributed by atoms with Gasteiger partial charge in [-0.25, -0.2) is 5.43 Å². The average molecular weight is 388 g/mol. The van der Waals surface area contributed by atoms with Crippen LogP contribution in [0.4, 0.5) is 0 Å². The number of amides is 1. The molecule has 0 saturated heterocycles. The molecule has 2 aromatic rings. The molecule has 126 valence electrons. The number of nitrogens with one attached hydrogen (secondary N) is 1. The van der Waals surface area contributed by atoms with E-state index in [-0.39, 0.29) is 10.6 Å². The molecule has 0 saturated carbocycles. The van der Waals surface area contributed by atoms with Crippen LogP contribution in [0.2, 0.25) is 15.1 Å². The van der Waals surface area contributed by atoms with Crippen molar-refractivity contribution < 1.29 is 14.3 Å². The largest absolute Gasteiger partial charge is 0.493 e. The van der Waals surface area contributed by atoms with E-state index < -0.39 is 5.91 Å². The number of rotatable bonds is 5. The Balaban J connectivity index is 2.14. The second kappa shape index (κ2) is 8.24. The van der Waals surface area contributed by atoms with E-state index in [0.717, 1.165) is 0 Å². The summed E-state index contributed by atoms with van der Waals surface area (Å²) in [4.78, 5) is 12.0. The van der Waals surface area contributed by atoms with Crippen molar-refractivity contribution in [1.82, 2.24) is 5.43 Å². The number of benzene rings is 2. The van der Waals surface area contributed by atoms with E-state index in [1.54, 1.807) is 18.2 Å². The molecule has 5 nitrogen and oxygen atoms in total. The Bertz CT molecular complexity index is 794. The van der Waals surface area contributed by atoms with Crippen LogP contribution in [0.1, 0.15) is 15.9 Å². The Labute approximate surface area is 154 Å². The molecular formula is C16H13Cl3N2O3. The third-order valence-corrected chi connectivity index (χ3v) is 3.84. The van der Waals surface area contributed by atoms with E-state index in [2.05, 4.69) is 10.5 Å². The summed E-state index contributed by atoms with van der Waals surface area (Å²) >= 11 is 17.9. The minimum absolute atomic E-state index is 0.240. The molecule has 1 amide bonds. The van der Waals surface area contributed by atoms with Gasteiger partial charge in [-0.3, -0.25) is 4.79 Å². The Morgan fingerprint density at radius 1 is 1.08 bits per heavy atom. The van der Waals surface area contributed by atoms with Gasteiger partial charge in [-0.1, -0.05) is 34.8 Å². The maximum Gasteiger partial charge on any atom is 0.272 e.